The number of aromatic nitrogens is 1. The molecule has 22 heavy (non-hydrogen) atoms. The van der Waals surface area contributed by atoms with Gasteiger partial charge in [-0.2, -0.15) is 0 Å². The van der Waals surface area contributed by atoms with Crippen molar-refractivity contribution in [3.8, 4) is 11.3 Å². The predicted octanol–water partition coefficient (Wildman–Crippen LogP) is 2.35. The van der Waals surface area contributed by atoms with Gasteiger partial charge in [-0.25, -0.2) is 9.59 Å². The van der Waals surface area contributed by atoms with Crippen LogP contribution in [0.5, 0.6) is 0 Å². The maximum atomic E-state index is 9.55. The highest BCUT2D eigenvalue weighted by Crippen LogP contribution is 2.25. The van der Waals surface area contributed by atoms with E-state index in [4.69, 9.17) is 15.9 Å². The second-order valence-corrected chi connectivity index (χ2v) is 4.27. The molecule has 1 aromatic heterocycles. The third-order valence-electron chi connectivity index (χ3n) is 2.59. The van der Waals surface area contributed by atoms with Crippen LogP contribution in [0.2, 0.25) is 0 Å². The van der Waals surface area contributed by atoms with Crippen LogP contribution >= 0.6 is 0 Å². The Hall–Kier alpha value is -3.15. The maximum absolute atomic E-state index is 9.55. The summed E-state index contributed by atoms with van der Waals surface area (Å²) in [6, 6.07) is 11.7. The molecule has 0 aliphatic rings. The quantitative estimate of drug-likeness (QED) is 0.592. The van der Waals surface area contributed by atoms with Crippen molar-refractivity contribution in [2.24, 2.45) is 0 Å². The van der Waals surface area contributed by atoms with Crippen LogP contribution in [0.3, 0.4) is 0 Å². The fourth-order valence-corrected chi connectivity index (χ4v) is 1.62. The molecule has 114 valence electrons. The van der Waals surface area contributed by atoms with E-state index in [-0.39, 0.29) is 0 Å². The first kappa shape index (κ1) is 16.9. The first-order valence-corrected chi connectivity index (χ1v) is 6.32. The number of anilines is 1. The average Bonchev–Trinajstić information content (AvgIpc) is 2.47. The smallest absolute Gasteiger partial charge is 0.328 e. The van der Waals surface area contributed by atoms with Gasteiger partial charge in [0.05, 0.1) is 5.69 Å². The molecule has 0 unspecified atom stereocenters. The van der Waals surface area contributed by atoms with Crippen molar-refractivity contribution in [2.45, 2.75) is 6.92 Å². The fraction of sp³-hybridized carbons (Fsp3) is 0.0625. The molecule has 0 amide bonds. The molecular formula is C16H16N2O4. The molecule has 0 aliphatic carbocycles. The summed E-state index contributed by atoms with van der Waals surface area (Å²) in [5.41, 5.74) is 9.77. The van der Waals surface area contributed by atoms with Crippen molar-refractivity contribution in [3.05, 3.63) is 60.3 Å². The SMILES string of the molecule is Cc1cccnc1-c1ccccc1N.O=C(O)/C=C/C(=O)O. The molecule has 2 rings (SSSR count). The average molecular weight is 300 g/mol. The van der Waals surface area contributed by atoms with E-state index >= 15 is 0 Å². The van der Waals surface area contributed by atoms with Gasteiger partial charge in [0.2, 0.25) is 0 Å². The minimum atomic E-state index is -1.26. The van der Waals surface area contributed by atoms with Crippen molar-refractivity contribution in [1.29, 1.82) is 0 Å². The van der Waals surface area contributed by atoms with Crippen LogP contribution in [0.25, 0.3) is 11.3 Å². The van der Waals surface area contributed by atoms with Crippen LogP contribution < -0.4 is 5.73 Å². The van der Waals surface area contributed by atoms with Gasteiger partial charge in [0.15, 0.2) is 0 Å². The number of rotatable bonds is 3. The summed E-state index contributed by atoms with van der Waals surface area (Å²) < 4.78 is 0. The molecule has 0 saturated heterocycles. The Morgan fingerprint density at radius 2 is 1.64 bits per heavy atom. The molecule has 0 atom stereocenters. The summed E-state index contributed by atoms with van der Waals surface area (Å²) >= 11 is 0. The van der Waals surface area contributed by atoms with E-state index in [1.807, 2.05) is 43.3 Å². The Kier molecular flexibility index (Phi) is 6.31. The molecule has 0 spiro atoms. The van der Waals surface area contributed by atoms with Gasteiger partial charge in [0, 0.05) is 29.6 Å². The number of pyridine rings is 1. The van der Waals surface area contributed by atoms with Crippen molar-refractivity contribution < 1.29 is 19.8 Å². The number of para-hydroxylation sites is 1. The molecule has 6 nitrogen and oxygen atoms in total. The normalized spacial score (nSPS) is 9.86. The fourth-order valence-electron chi connectivity index (χ4n) is 1.62. The Bertz CT molecular complexity index is 637. The van der Waals surface area contributed by atoms with E-state index < -0.39 is 11.9 Å². The summed E-state index contributed by atoms with van der Waals surface area (Å²) in [6.07, 6.45) is 2.90. The second-order valence-electron chi connectivity index (χ2n) is 4.27. The van der Waals surface area contributed by atoms with Crippen LogP contribution in [-0.4, -0.2) is 27.1 Å². The molecule has 6 heteroatoms. The van der Waals surface area contributed by atoms with Crippen LogP contribution in [0, 0.1) is 6.92 Å². The van der Waals surface area contributed by atoms with Crippen LogP contribution in [0.1, 0.15) is 5.56 Å². The van der Waals surface area contributed by atoms with Crippen LogP contribution in [0.15, 0.2) is 54.7 Å². The topological polar surface area (TPSA) is 114 Å². The minimum absolute atomic E-state index is 0.558. The lowest BCUT2D eigenvalue weighted by Crippen LogP contribution is -1.93. The molecule has 0 aliphatic heterocycles. The zero-order valence-corrected chi connectivity index (χ0v) is 11.9. The molecule has 0 fully saturated rings. The summed E-state index contributed by atoms with van der Waals surface area (Å²) in [6.45, 7) is 2.04. The number of carboxylic acids is 2. The zero-order chi connectivity index (χ0) is 16.5. The molecule has 4 N–H and O–H groups in total. The lowest BCUT2D eigenvalue weighted by molar-refractivity contribution is -0.134. The third-order valence-corrected chi connectivity index (χ3v) is 2.59. The number of aryl methyl sites for hydroxylation is 1. The Balaban J connectivity index is 0.000000261. The molecule has 0 bridgehead atoms. The molecule has 1 aromatic carbocycles. The van der Waals surface area contributed by atoms with E-state index in [1.165, 1.54) is 0 Å². The predicted molar refractivity (Wildman–Crippen MR) is 83.2 cm³/mol. The number of hydrogen-bond acceptors (Lipinski definition) is 4. The van der Waals surface area contributed by atoms with Crippen molar-refractivity contribution in [1.82, 2.24) is 4.98 Å². The Morgan fingerprint density at radius 3 is 2.14 bits per heavy atom. The van der Waals surface area contributed by atoms with E-state index in [0.717, 1.165) is 22.5 Å². The highest BCUT2D eigenvalue weighted by molar-refractivity contribution is 5.89. The summed E-state index contributed by atoms with van der Waals surface area (Å²) in [4.78, 5) is 23.4. The van der Waals surface area contributed by atoms with Gasteiger partial charge in [-0.05, 0) is 24.6 Å². The molecule has 1 heterocycles. The van der Waals surface area contributed by atoms with Crippen molar-refractivity contribution in [3.63, 3.8) is 0 Å². The highest BCUT2D eigenvalue weighted by atomic mass is 16.4. The van der Waals surface area contributed by atoms with Gasteiger partial charge in [-0.3, -0.25) is 4.98 Å². The lowest BCUT2D eigenvalue weighted by atomic mass is 10.1. The molecule has 2 aromatic rings. The number of hydrogen-bond donors (Lipinski definition) is 3. The zero-order valence-electron chi connectivity index (χ0n) is 11.9. The highest BCUT2D eigenvalue weighted by Gasteiger charge is 2.04. The first-order chi connectivity index (χ1) is 10.4. The standard InChI is InChI=1S/C12H12N2.C4H4O4/c1-9-5-4-8-14-12(9)10-6-2-3-7-11(10)13;5-3(6)1-2-4(7)8/h2-8H,13H2,1H3;1-2H,(H,5,6)(H,7,8)/b;2-1+. The lowest BCUT2D eigenvalue weighted by Gasteiger charge is -2.06. The van der Waals surface area contributed by atoms with Gasteiger partial charge in [0.25, 0.3) is 0 Å². The largest absolute Gasteiger partial charge is 0.478 e. The van der Waals surface area contributed by atoms with Gasteiger partial charge in [0.1, 0.15) is 0 Å². The van der Waals surface area contributed by atoms with E-state index in [1.54, 1.807) is 6.20 Å². The van der Waals surface area contributed by atoms with Crippen molar-refractivity contribution in [2.75, 3.05) is 5.73 Å². The number of aliphatic carboxylic acids is 2. The second kappa shape index (κ2) is 8.21. The number of carbonyl (C=O) groups is 2. The summed E-state index contributed by atoms with van der Waals surface area (Å²) in [7, 11) is 0. The van der Waals surface area contributed by atoms with E-state index in [9.17, 15) is 9.59 Å². The van der Waals surface area contributed by atoms with Crippen molar-refractivity contribution >= 4 is 17.6 Å². The Labute approximate surface area is 127 Å². The molecule has 0 saturated carbocycles. The van der Waals surface area contributed by atoms with Gasteiger partial charge in [-0.15, -0.1) is 0 Å². The summed E-state index contributed by atoms with van der Waals surface area (Å²) in [5, 5.41) is 15.6. The van der Waals surface area contributed by atoms with Gasteiger partial charge < -0.3 is 15.9 Å². The van der Waals surface area contributed by atoms with Crippen LogP contribution in [-0.2, 0) is 9.59 Å². The van der Waals surface area contributed by atoms with E-state index in [0.29, 0.717) is 12.2 Å². The number of benzene rings is 1. The van der Waals surface area contributed by atoms with E-state index in [2.05, 4.69) is 4.98 Å². The molecule has 0 radical (unpaired) electrons. The summed E-state index contributed by atoms with van der Waals surface area (Å²) in [5.74, 6) is -2.51. The van der Waals surface area contributed by atoms with Crippen LogP contribution in [0.4, 0.5) is 5.69 Å². The van der Waals surface area contributed by atoms with Gasteiger partial charge >= 0.3 is 11.9 Å². The monoisotopic (exact) mass is 300 g/mol. The Morgan fingerprint density at radius 1 is 1.05 bits per heavy atom. The third kappa shape index (κ3) is 5.46. The number of nitrogen functional groups attached to an aromatic ring is 1. The first-order valence-electron chi connectivity index (χ1n) is 6.32. The van der Waals surface area contributed by atoms with Gasteiger partial charge in [-0.1, -0.05) is 24.3 Å². The maximum Gasteiger partial charge on any atom is 0.328 e. The number of nitrogens with two attached hydrogens (primary N) is 1. The molecular weight excluding hydrogens is 284 g/mol. The minimum Gasteiger partial charge on any atom is -0.478 e. The number of carboxylic acid groups (broad SMARTS) is 2. The number of nitrogens with zero attached hydrogens (tertiary/aromatic N) is 1.